The highest BCUT2D eigenvalue weighted by molar-refractivity contribution is 5.95. The first-order chi connectivity index (χ1) is 20.0. The van der Waals surface area contributed by atoms with Crippen molar-refractivity contribution in [2.75, 3.05) is 13.1 Å². The van der Waals surface area contributed by atoms with Crippen LogP contribution >= 0.6 is 0 Å². The fraction of sp³-hybridized carbons (Fsp3) is 0.219. The monoisotopic (exact) mass is 540 g/mol. The van der Waals surface area contributed by atoms with Crippen LogP contribution in [0.5, 0.6) is 0 Å². The average Bonchev–Trinajstić information content (AvgIpc) is 3.55. The van der Waals surface area contributed by atoms with Crippen molar-refractivity contribution in [3.63, 3.8) is 0 Å². The Morgan fingerprint density at radius 3 is 2.73 bits per heavy atom. The Morgan fingerprint density at radius 2 is 1.98 bits per heavy atom. The fourth-order valence-electron chi connectivity index (χ4n) is 5.35. The van der Waals surface area contributed by atoms with E-state index in [2.05, 4.69) is 50.6 Å². The molecule has 0 spiro atoms. The number of aryl methyl sites for hydroxylation is 1. The lowest BCUT2D eigenvalue weighted by molar-refractivity contribution is 0.0922. The summed E-state index contributed by atoms with van der Waals surface area (Å²) >= 11 is 0. The molecule has 2 aliphatic rings. The summed E-state index contributed by atoms with van der Waals surface area (Å²) in [6.45, 7) is 1.60. The summed E-state index contributed by atoms with van der Waals surface area (Å²) in [4.78, 5) is 19.9. The maximum Gasteiger partial charge on any atom is 0.251 e. The molecule has 0 radical (unpaired) electrons. The van der Waals surface area contributed by atoms with Gasteiger partial charge >= 0.3 is 0 Å². The predicted octanol–water partition coefficient (Wildman–Crippen LogP) is 4.18. The highest BCUT2D eigenvalue weighted by atomic mass is 16.1. The van der Waals surface area contributed by atoms with Gasteiger partial charge in [-0.25, -0.2) is 9.51 Å². The number of rotatable bonds is 4. The van der Waals surface area contributed by atoms with Crippen molar-refractivity contribution in [1.82, 2.24) is 29.6 Å². The smallest absolute Gasteiger partial charge is 0.251 e. The van der Waals surface area contributed by atoms with E-state index in [1.54, 1.807) is 33.6 Å². The number of carbonyl (C=O) groups excluding carboxylic acids is 1. The summed E-state index contributed by atoms with van der Waals surface area (Å²) in [5, 5.41) is 21.6. The first kappa shape index (κ1) is 25.8. The summed E-state index contributed by atoms with van der Waals surface area (Å²) in [6.07, 6.45) is 21.2. The molecular formula is C32H28N8O. The van der Waals surface area contributed by atoms with Gasteiger partial charge < -0.3 is 10.2 Å². The largest absolute Gasteiger partial charge is 0.360 e. The van der Waals surface area contributed by atoms with Crippen LogP contribution < -0.4 is 5.32 Å². The maximum absolute atomic E-state index is 12.8. The van der Waals surface area contributed by atoms with Crippen LogP contribution in [-0.2, 0) is 7.05 Å². The molecule has 1 N–H and O–H groups in total. The second kappa shape index (κ2) is 11.0. The molecule has 2 aliphatic heterocycles. The van der Waals surface area contributed by atoms with Gasteiger partial charge in [0.15, 0.2) is 0 Å². The topological polar surface area (TPSA) is 104 Å². The predicted molar refractivity (Wildman–Crippen MR) is 158 cm³/mol. The van der Waals surface area contributed by atoms with E-state index in [1.165, 1.54) is 0 Å². The molecule has 0 bridgehead atoms. The first-order valence-electron chi connectivity index (χ1n) is 13.5. The van der Waals surface area contributed by atoms with Gasteiger partial charge in [0.25, 0.3) is 5.91 Å². The molecule has 41 heavy (non-hydrogen) atoms. The zero-order valence-corrected chi connectivity index (χ0v) is 22.7. The van der Waals surface area contributed by atoms with Gasteiger partial charge in [-0.3, -0.25) is 9.48 Å². The van der Waals surface area contributed by atoms with E-state index in [9.17, 15) is 10.1 Å². The number of aliphatic imine (C=N–C) groups is 1. The SMILES string of the molecule is C#Cc1cccc(C(=O)NC2CCN(C3=NC=C(c4cc(-c5cnn(C)c5)cn5ncc(C#N)c45)C=CC3)CC2)c1. The molecule has 9 nitrogen and oxygen atoms in total. The molecule has 0 unspecified atom stereocenters. The Morgan fingerprint density at radius 1 is 1.12 bits per heavy atom. The molecule has 1 aromatic carbocycles. The normalized spacial score (nSPS) is 15.5. The number of allylic oxidation sites excluding steroid dienone is 2. The molecule has 0 saturated carbocycles. The van der Waals surface area contributed by atoms with Gasteiger partial charge in [0.05, 0.1) is 23.5 Å². The molecule has 202 valence electrons. The van der Waals surface area contributed by atoms with Gasteiger partial charge in [-0.1, -0.05) is 24.1 Å². The van der Waals surface area contributed by atoms with E-state index in [1.807, 2.05) is 37.9 Å². The molecule has 6 rings (SSSR count). The fourth-order valence-corrected chi connectivity index (χ4v) is 5.35. The van der Waals surface area contributed by atoms with Crippen molar-refractivity contribution >= 4 is 22.8 Å². The van der Waals surface area contributed by atoms with Gasteiger partial charge in [0.1, 0.15) is 11.9 Å². The summed E-state index contributed by atoms with van der Waals surface area (Å²) in [7, 11) is 1.88. The number of piperidine rings is 1. The number of fused-ring (bicyclic) bond motifs is 1. The number of pyridine rings is 1. The third kappa shape index (κ3) is 5.26. The van der Waals surface area contributed by atoms with Crippen LogP contribution in [0.4, 0.5) is 0 Å². The quantitative estimate of drug-likeness (QED) is 0.391. The van der Waals surface area contributed by atoms with E-state index in [-0.39, 0.29) is 11.9 Å². The minimum absolute atomic E-state index is 0.0935. The number of nitrogens with zero attached hydrogens (tertiary/aromatic N) is 7. The minimum atomic E-state index is -0.0979. The highest BCUT2D eigenvalue weighted by Crippen LogP contribution is 2.31. The Balaban J connectivity index is 1.20. The Bertz CT molecular complexity index is 1820. The van der Waals surface area contributed by atoms with E-state index >= 15 is 0 Å². The molecule has 9 heteroatoms. The Kier molecular flexibility index (Phi) is 6.93. The van der Waals surface area contributed by atoms with Crippen molar-refractivity contribution in [3.05, 3.63) is 95.7 Å². The molecule has 3 aromatic heterocycles. The number of benzene rings is 1. The van der Waals surface area contributed by atoms with Crippen molar-refractivity contribution in [1.29, 1.82) is 5.26 Å². The van der Waals surface area contributed by atoms with Crippen LogP contribution in [0.3, 0.4) is 0 Å². The highest BCUT2D eigenvalue weighted by Gasteiger charge is 2.24. The van der Waals surface area contributed by atoms with E-state index in [0.717, 1.165) is 59.5 Å². The zero-order valence-electron chi connectivity index (χ0n) is 22.7. The van der Waals surface area contributed by atoms with Crippen LogP contribution in [-0.4, -0.2) is 55.2 Å². The first-order valence-corrected chi connectivity index (χ1v) is 13.5. The van der Waals surface area contributed by atoms with Gasteiger partial charge in [-0.2, -0.15) is 15.5 Å². The summed E-state index contributed by atoms with van der Waals surface area (Å²) < 4.78 is 3.51. The van der Waals surface area contributed by atoms with Gasteiger partial charge in [0, 0.05) is 84.6 Å². The van der Waals surface area contributed by atoms with E-state index < -0.39 is 0 Å². The molecule has 4 aromatic rings. The Hall–Kier alpha value is -5.41. The van der Waals surface area contributed by atoms with Crippen LogP contribution in [0.1, 0.15) is 46.3 Å². The number of hydrogen-bond acceptors (Lipinski definition) is 6. The van der Waals surface area contributed by atoms with Gasteiger partial charge in [0.2, 0.25) is 0 Å². The number of amides is 1. The summed E-state index contributed by atoms with van der Waals surface area (Å²) in [5.74, 6) is 3.46. The number of hydrogen-bond donors (Lipinski definition) is 1. The number of amidine groups is 1. The second-order valence-corrected chi connectivity index (χ2v) is 10.2. The number of nitriles is 1. The molecule has 0 atom stereocenters. The van der Waals surface area contributed by atoms with Crippen LogP contribution in [0.2, 0.25) is 0 Å². The molecular weight excluding hydrogens is 512 g/mol. The third-order valence-corrected chi connectivity index (χ3v) is 7.52. The van der Waals surface area contributed by atoms with Crippen molar-refractivity contribution in [2.24, 2.45) is 12.0 Å². The summed E-state index contributed by atoms with van der Waals surface area (Å²) in [5.41, 5.74) is 6.24. The van der Waals surface area contributed by atoms with Crippen LogP contribution in [0.25, 0.3) is 22.2 Å². The number of likely N-dealkylation sites (tertiary alicyclic amines) is 1. The van der Waals surface area contributed by atoms with Crippen molar-refractivity contribution < 1.29 is 4.79 Å². The third-order valence-electron chi connectivity index (χ3n) is 7.52. The lowest BCUT2D eigenvalue weighted by Crippen LogP contribution is -2.46. The lowest BCUT2D eigenvalue weighted by Gasteiger charge is -2.34. The second-order valence-electron chi connectivity index (χ2n) is 10.2. The summed E-state index contributed by atoms with van der Waals surface area (Å²) in [6, 6.07) is 11.6. The van der Waals surface area contributed by atoms with E-state index in [4.69, 9.17) is 11.4 Å². The molecule has 1 amide bonds. The lowest BCUT2D eigenvalue weighted by atomic mass is 10.00. The van der Waals surface area contributed by atoms with Crippen molar-refractivity contribution in [3.8, 4) is 29.5 Å². The molecule has 1 fully saturated rings. The zero-order chi connectivity index (χ0) is 28.3. The average molecular weight is 541 g/mol. The van der Waals surface area contributed by atoms with Crippen molar-refractivity contribution in [2.45, 2.75) is 25.3 Å². The maximum atomic E-state index is 12.8. The van der Waals surface area contributed by atoms with E-state index in [0.29, 0.717) is 23.1 Å². The van der Waals surface area contributed by atoms with Gasteiger partial charge in [-0.05, 0) is 37.1 Å². The van der Waals surface area contributed by atoms with Crippen LogP contribution in [0, 0.1) is 23.7 Å². The molecule has 0 aliphatic carbocycles. The number of carbonyl (C=O) groups is 1. The molecule has 5 heterocycles. The minimum Gasteiger partial charge on any atom is -0.360 e. The van der Waals surface area contributed by atoms with Gasteiger partial charge in [-0.15, -0.1) is 6.42 Å². The number of nitrogens with one attached hydrogen (secondary N) is 1. The molecule has 1 saturated heterocycles. The Labute approximate surface area is 238 Å². The number of terminal acetylenes is 1. The standard InChI is InChI=1S/C32H28N8O/c1-3-22-6-4-7-23(14-22)32(41)37-28-10-12-39(13-11-28)30-9-5-8-24(17-34-30)29-15-25(27-19-35-38(2)20-27)21-40-31(29)26(16-33)18-36-40/h1,4-8,14-15,17-21,28H,9-13H2,2H3,(H,37,41). The number of aromatic nitrogens is 4. The van der Waals surface area contributed by atoms with Crippen LogP contribution in [0.15, 0.2) is 78.5 Å².